The van der Waals surface area contributed by atoms with Crippen molar-refractivity contribution in [1.29, 1.82) is 0 Å². The Labute approximate surface area is 136 Å². The van der Waals surface area contributed by atoms with Crippen molar-refractivity contribution in [1.82, 2.24) is 9.62 Å². The van der Waals surface area contributed by atoms with Crippen molar-refractivity contribution in [2.45, 2.75) is 45.3 Å². The molecule has 1 aliphatic rings. The molecule has 1 heterocycles. The Morgan fingerprint density at radius 2 is 2.09 bits per heavy atom. The fourth-order valence-electron chi connectivity index (χ4n) is 2.76. The second kappa shape index (κ2) is 6.98. The molecule has 1 atom stereocenters. The first kappa shape index (κ1) is 17.2. The number of hydrogen-bond acceptors (Lipinski definition) is 3. The molecule has 122 valence electrons. The lowest BCUT2D eigenvalue weighted by Gasteiger charge is -2.36. The highest BCUT2D eigenvalue weighted by molar-refractivity contribution is 7.89. The van der Waals surface area contributed by atoms with Crippen molar-refractivity contribution in [3.63, 3.8) is 0 Å². The van der Waals surface area contributed by atoms with Crippen molar-refractivity contribution in [2.75, 3.05) is 5.75 Å². The van der Waals surface area contributed by atoms with E-state index in [0.717, 1.165) is 5.56 Å². The maximum atomic E-state index is 12.4. The number of halogens is 1. The number of carbonyl (C=O) groups is 1. The molecule has 0 radical (unpaired) electrons. The van der Waals surface area contributed by atoms with Crippen LogP contribution < -0.4 is 5.32 Å². The summed E-state index contributed by atoms with van der Waals surface area (Å²) in [4.78, 5) is 12.4. The van der Waals surface area contributed by atoms with Crippen LogP contribution in [0, 0.1) is 0 Å². The number of hydrogen-bond donors (Lipinski definition) is 1. The first-order valence-electron chi connectivity index (χ1n) is 7.35. The average molecular weight is 345 g/mol. The summed E-state index contributed by atoms with van der Waals surface area (Å²) < 4.78 is 25.7. The normalized spacial score (nSPS) is 21.7. The zero-order valence-corrected chi connectivity index (χ0v) is 14.3. The molecule has 0 aromatic heterocycles. The lowest BCUT2D eigenvalue weighted by Crippen LogP contribution is -2.55. The van der Waals surface area contributed by atoms with Crippen LogP contribution in [0.15, 0.2) is 24.3 Å². The van der Waals surface area contributed by atoms with Gasteiger partial charge in [0.05, 0.1) is 5.75 Å². The third-order valence-corrected chi connectivity index (χ3v) is 6.22. The van der Waals surface area contributed by atoms with E-state index in [0.29, 0.717) is 24.4 Å². The number of amides is 1. The fourth-order valence-corrected chi connectivity index (χ4v) is 4.93. The summed E-state index contributed by atoms with van der Waals surface area (Å²) in [5.74, 6) is -0.156. The molecule has 0 saturated carbocycles. The molecular formula is C15H21ClN2O3S. The quantitative estimate of drug-likeness (QED) is 0.910. The van der Waals surface area contributed by atoms with Crippen LogP contribution in [0.5, 0.6) is 0 Å². The molecule has 0 aliphatic carbocycles. The van der Waals surface area contributed by atoms with Gasteiger partial charge in [-0.1, -0.05) is 29.8 Å². The second-order valence-corrected chi connectivity index (χ2v) is 8.11. The monoisotopic (exact) mass is 344 g/mol. The molecule has 1 aromatic rings. The Hall–Kier alpha value is -1.11. The van der Waals surface area contributed by atoms with Gasteiger partial charge in [0.15, 0.2) is 0 Å². The highest BCUT2D eigenvalue weighted by atomic mass is 35.5. The SMILES string of the molecule is CC(C)N1C(C(=O)NCc2ccccc2Cl)CCCS1(=O)=O. The van der Waals surface area contributed by atoms with Crippen molar-refractivity contribution in [2.24, 2.45) is 0 Å². The third-order valence-electron chi connectivity index (χ3n) is 3.73. The highest BCUT2D eigenvalue weighted by Gasteiger charge is 2.39. The predicted molar refractivity (Wildman–Crippen MR) is 87.1 cm³/mol. The van der Waals surface area contributed by atoms with Crippen molar-refractivity contribution in [3.05, 3.63) is 34.9 Å². The molecule has 0 bridgehead atoms. The van der Waals surface area contributed by atoms with Crippen LogP contribution in [0.2, 0.25) is 5.02 Å². The predicted octanol–water partition coefficient (Wildman–Crippen LogP) is 2.16. The van der Waals surface area contributed by atoms with Crippen molar-refractivity contribution >= 4 is 27.5 Å². The van der Waals surface area contributed by atoms with Crippen LogP contribution in [0.3, 0.4) is 0 Å². The van der Waals surface area contributed by atoms with Gasteiger partial charge in [-0.2, -0.15) is 4.31 Å². The van der Waals surface area contributed by atoms with Gasteiger partial charge in [-0.25, -0.2) is 8.42 Å². The molecule has 1 unspecified atom stereocenters. The first-order valence-corrected chi connectivity index (χ1v) is 9.34. The van der Waals surface area contributed by atoms with Crippen LogP contribution in [0.1, 0.15) is 32.3 Å². The highest BCUT2D eigenvalue weighted by Crippen LogP contribution is 2.24. The Morgan fingerprint density at radius 3 is 2.73 bits per heavy atom. The molecule has 0 spiro atoms. The number of benzene rings is 1. The first-order chi connectivity index (χ1) is 10.3. The Bertz CT molecular complexity index is 646. The maximum Gasteiger partial charge on any atom is 0.238 e. The van der Waals surface area contributed by atoms with E-state index in [1.165, 1.54) is 4.31 Å². The number of rotatable bonds is 4. The van der Waals surface area contributed by atoms with Gasteiger partial charge >= 0.3 is 0 Å². The minimum Gasteiger partial charge on any atom is -0.351 e. The van der Waals surface area contributed by atoms with Crippen LogP contribution in [-0.2, 0) is 21.4 Å². The van der Waals surface area contributed by atoms with E-state index in [-0.39, 0.29) is 17.7 Å². The molecule has 22 heavy (non-hydrogen) atoms. The number of carbonyl (C=O) groups excluding carboxylic acids is 1. The van der Waals surface area contributed by atoms with E-state index in [1.807, 2.05) is 18.2 Å². The molecule has 7 heteroatoms. The Kier molecular flexibility index (Phi) is 5.47. The summed E-state index contributed by atoms with van der Waals surface area (Å²) in [6.07, 6.45) is 1.06. The molecule has 1 fully saturated rings. The van der Waals surface area contributed by atoms with Crippen molar-refractivity contribution < 1.29 is 13.2 Å². The van der Waals surface area contributed by atoms with Gasteiger partial charge in [0, 0.05) is 17.6 Å². The largest absolute Gasteiger partial charge is 0.351 e. The van der Waals surface area contributed by atoms with Gasteiger partial charge in [-0.3, -0.25) is 4.79 Å². The van der Waals surface area contributed by atoms with Crippen LogP contribution >= 0.6 is 11.6 Å². The zero-order valence-electron chi connectivity index (χ0n) is 12.8. The van der Waals surface area contributed by atoms with Crippen LogP contribution in [0.4, 0.5) is 0 Å². The van der Waals surface area contributed by atoms with E-state index < -0.39 is 16.1 Å². The van der Waals surface area contributed by atoms with Crippen LogP contribution in [0.25, 0.3) is 0 Å². The number of nitrogens with one attached hydrogen (secondary N) is 1. The minimum atomic E-state index is -3.36. The smallest absolute Gasteiger partial charge is 0.238 e. The van der Waals surface area contributed by atoms with Gasteiger partial charge < -0.3 is 5.32 Å². The standard InChI is InChI=1S/C15H21ClN2O3S/c1-11(2)18-14(8-5-9-22(18,20)21)15(19)17-10-12-6-3-4-7-13(12)16/h3-4,6-7,11,14H,5,8-10H2,1-2H3,(H,17,19). The van der Waals surface area contributed by atoms with E-state index in [9.17, 15) is 13.2 Å². The summed E-state index contributed by atoms with van der Waals surface area (Å²) in [7, 11) is -3.36. The topological polar surface area (TPSA) is 66.5 Å². The van der Waals surface area contributed by atoms with E-state index in [1.54, 1.807) is 19.9 Å². The molecule has 5 nitrogen and oxygen atoms in total. The van der Waals surface area contributed by atoms with Gasteiger partial charge in [0.2, 0.25) is 15.9 Å². The number of sulfonamides is 1. The fraction of sp³-hybridized carbons (Fsp3) is 0.533. The Morgan fingerprint density at radius 1 is 1.41 bits per heavy atom. The molecule has 1 aliphatic heterocycles. The lowest BCUT2D eigenvalue weighted by molar-refractivity contribution is -0.125. The van der Waals surface area contributed by atoms with E-state index >= 15 is 0 Å². The molecule has 1 amide bonds. The molecule has 2 rings (SSSR count). The molecule has 1 N–H and O–H groups in total. The van der Waals surface area contributed by atoms with Gasteiger partial charge in [0.25, 0.3) is 0 Å². The van der Waals surface area contributed by atoms with Gasteiger partial charge in [0.1, 0.15) is 6.04 Å². The summed E-state index contributed by atoms with van der Waals surface area (Å²) in [6.45, 7) is 3.87. The molecule has 1 saturated heterocycles. The van der Waals surface area contributed by atoms with Crippen LogP contribution in [-0.4, -0.2) is 36.5 Å². The second-order valence-electron chi connectivity index (χ2n) is 5.71. The summed E-state index contributed by atoms with van der Waals surface area (Å²) in [5, 5.41) is 3.39. The Balaban J connectivity index is 2.09. The minimum absolute atomic E-state index is 0.111. The summed E-state index contributed by atoms with van der Waals surface area (Å²) in [6, 6.07) is 6.39. The maximum absolute atomic E-state index is 12.4. The van der Waals surface area contributed by atoms with E-state index in [4.69, 9.17) is 11.6 Å². The average Bonchev–Trinajstić information content (AvgIpc) is 2.44. The summed E-state index contributed by atoms with van der Waals surface area (Å²) >= 11 is 6.06. The zero-order chi connectivity index (χ0) is 16.3. The van der Waals surface area contributed by atoms with Gasteiger partial charge in [-0.05, 0) is 38.3 Å². The van der Waals surface area contributed by atoms with Crippen molar-refractivity contribution in [3.8, 4) is 0 Å². The van der Waals surface area contributed by atoms with E-state index in [2.05, 4.69) is 5.32 Å². The van der Waals surface area contributed by atoms with Gasteiger partial charge in [-0.15, -0.1) is 0 Å². The third kappa shape index (κ3) is 3.80. The summed E-state index contributed by atoms with van der Waals surface area (Å²) in [5.41, 5.74) is 0.812. The molecule has 1 aromatic carbocycles. The molecular weight excluding hydrogens is 324 g/mol. The number of nitrogens with zero attached hydrogens (tertiary/aromatic N) is 1. The lowest BCUT2D eigenvalue weighted by atomic mass is 10.1.